The highest BCUT2D eigenvalue weighted by molar-refractivity contribution is 7.20. The molecule has 0 spiro atoms. The zero-order valence-electron chi connectivity index (χ0n) is 48.3. The summed E-state index contributed by atoms with van der Waals surface area (Å²) in [6.07, 6.45) is 0. The number of hydrogen-bond donors (Lipinski definition) is 0. The SMILES string of the molecule is c1ccc(-c2cccc([Si](c3ccccc3)(c3cccc(-c4ccccc4)c3)c3cccc(-c4cc(-n5c6ccccc6c6ccccc65)cc(-n5c6ccccc6c6c(-n7c8ccccc8c8cc(-c9ccccc9)ccc87)cccc65)c4)c3)c2)cc1. The van der Waals surface area contributed by atoms with Crippen LogP contribution in [0.25, 0.3) is 127 Å². The van der Waals surface area contributed by atoms with Gasteiger partial charge in [-0.1, -0.05) is 279 Å². The van der Waals surface area contributed by atoms with E-state index in [9.17, 15) is 0 Å². The van der Waals surface area contributed by atoms with Gasteiger partial charge in [-0.2, -0.15) is 0 Å². The first-order valence-corrected chi connectivity index (χ1v) is 32.4. The molecule has 0 fully saturated rings. The van der Waals surface area contributed by atoms with Gasteiger partial charge in [0.2, 0.25) is 0 Å². The largest absolute Gasteiger partial charge is 0.309 e. The molecule has 3 nitrogen and oxygen atoms in total. The van der Waals surface area contributed by atoms with Crippen LogP contribution in [0.15, 0.2) is 346 Å². The van der Waals surface area contributed by atoms with Crippen LogP contribution < -0.4 is 20.7 Å². The van der Waals surface area contributed by atoms with E-state index in [1.165, 1.54) is 109 Å². The minimum atomic E-state index is -3.18. The van der Waals surface area contributed by atoms with Crippen LogP contribution in [0.4, 0.5) is 0 Å². The Balaban J connectivity index is 0.932. The van der Waals surface area contributed by atoms with E-state index in [4.69, 9.17) is 0 Å². The lowest BCUT2D eigenvalue weighted by atomic mass is 10.0. The third kappa shape index (κ3) is 8.25. The summed E-state index contributed by atoms with van der Waals surface area (Å²) in [6, 6.07) is 129. The zero-order valence-corrected chi connectivity index (χ0v) is 49.3. The molecule has 0 unspecified atom stereocenters. The number of hydrogen-bond acceptors (Lipinski definition) is 0. The standard InChI is InChI=1S/C84H57N3Si/c1-5-25-58(26-6-1)61-31-21-36-69(53-61)88(68-34-11-4-12-35-68,70-37-22-32-62(54-70)59-27-7-2-8-28-59)71-38-23-33-63(55-71)65-51-66(85-77-43-17-13-39-72(77)73-40-14-18-44-78(73)85)57-67(52-65)86-80-46-20-16-42-75(80)84-82(86)47-24-48-83(84)87-79-45-19-15-41-74(79)76-56-64(49-50-81(76)87)60-29-9-3-10-30-60/h1-57H. The quantitative estimate of drug-likeness (QED) is 0.0906. The predicted octanol–water partition coefficient (Wildman–Crippen LogP) is 19.0. The maximum absolute atomic E-state index is 3.18. The first kappa shape index (κ1) is 51.1. The van der Waals surface area contributed by atoms with E-state index in [-0.39, 0.29) is 0 Å². The highest BCUT2D eigenvalue weighted by Crippen LogP contribution is 2.43. The fraction of sp³-hybridized carbons (Fsp3) is 0. The van der Waals surface area contributed by atoms with Gasteiger partial charge in [0, 0.05) is 43.7 Å². The third-order valence-electron chi connectivity index (χ3n) is 18.3. The Morgan fingerprint density at radius 1 is 0.182 bits per heavy atom. The fourth-order valence-electron chi connectivity index (χ4n) is 14.5. The highest BCUT2D eigenvalue weighted by Gasteiger charge is 2.42. The molecule has 0 N–H and O–H groups in total. The summed E-state index contributed by atoms with van der Waals surface area (Å²) in [6.45, 7) is 0. The molecule has 0 atom stereocenters. The Labute approximate surface area is 512 Å². The van der Waals surface area contributed by atoms with Crippen LogP contribution in [-0.4, -0.2) is 21.8 Å². The molecule has 17 rings (SSSR count). The normalized spacial score (nSPS) is 11.9. The topological polar surface area (TPSA) is 14.8 Å². The van der Waals surface area contributed by atoms with Crippen LogP contribution >= 0.6 is 0 Å². The van der Waals surface area contributed by atoms with E-state index in [0.29, 0.717) is 0 Å². The van der Waals surface area contributed by atoms with Gasteiger partial charge in [-0.05, 0) is 132 Å². The van der Waals surface area contributed by atoms with Crippen LogP contribution in [0.3, 0.4) is 0 Å². The monoisotopic (exact) mass is 1140 g/mol. The predicted molar refractivity (Wildman–Crippen MR) is 375 cm³/mol. The number of aromatic nitrogens is 3. The summed E-state index contributed by atoms with van der Waals surface area (Å²) in [4.78, 5) is 0. The van der Waals surface area contributed by atoms with Crippen LogP contribution in [0.2, 0.25) is 0 Å². The number of para-hydroxylation sites is 4. The molecular formula is C84H57N3Si. The first-order chi connectivity index (χ1) is 43.7. The Hall–Kier alpha value is -11.3. The van der Waals surface area contributed by atoms with Gasteiger partial charge < -0.3 is 13.7 Å². The van der Waals surface area contributed by atoms with Crippen molar-refractivity contribution in [3.05, 3.63) is 346 Å². The Morgan fingerprint density at radius 2 is 0.523 bits per heavy atom. The number of nitrogens with zero attached hydrogens (tertiary/aromatic N) is 3. The van der Waals surface area contributed by atoms with Crippen molar-refractivity contribution in [2.24, 2.45) is 0 Å². The molecular weight excluding hydrogens is 1080 g/mol. The van der Waals surface area contributed by atoms with Crippen LogP contribution in [0.5, 0.6) is 0 Å². The van der Waals surface area contributed by atoms with Gasteiger partial charge in [0.15, 0.2) is 8.07 Å². The molecule has 0 radical (unpaired) electrons. The summed E-state index contributed by atoms with van der Waals surface area (Å²) >= 11 is 0. The van der Waals surface area contributed by atoms with Crippen molar-refractivity contribution < 1.29 is 0 Å². The summed E-state index contributed by atoms with van der Waals surface area (Å²) in [5, 5.41) is 12.6. The summed E-state index contributed by atoms with van der Waals surface area (Å²) in [5.74, 6) is 0. The minimum Gasteiger partial charge on any atom is -0.309 e. The van der Waals surface area contributed by atoms with Crippen molar-refractivity contribution in [2.45, 2.75) is 0 Å². The fourth-order valence-corrected chi connectivity index (χ4v) is 19.3. The van der Waals surface area contributed by atoms with Gasteiger partial charge in [0.05, 0.1) is 38.8 Å². The molecule has 4 heteroatoms. The molecule has 0 aliphatic carbocycles. The lowest BCUT2D eigenvalue weighted by Gasteiger charge is -2.35. The van der Waals surface area contributed by atoms with Gasteiger partial charge in [0.25, 0.3) is 0 Å². The van der Waals surface area contributed by atoms with E-state index in [1.54, 1.807) is 0 Å². The molecule has 412 valence electrons. The Morgan fingerprint density at radius 3 is 1.03 bits per heavy atom. The van der Waals surface area contributed by atoms with Crippen molar-refractivity contribution in [2.75, 3.05) is 0 Å². The zero-order chi connectivity index (χ0) is 58.1. The van der Waals surface area contributed by atoms with Gasteiger partial charge in [-0.25, -0.2) is 0 Å². The highest BCUT2D eigenvalue weighted by atomic mass is 28.3. The lowest BCUT2D eigenvalue weighted by molar-refractivity contribution is 1.13. The molecule has 14 aromatic carbocycles. The van der Waals surface area contributed by atoms with E-state index in [0.717, 1.165) is 39.2 Å². The van der Waals surface area contributed by atoms with Crippen molar-refractivity contribution in [1.82, 2.24) is 13.7 Å². The molecule has 0 saturated heterocycles. The van der Waals surface area contributed by atoms with E-state index < -0.39 is 8.07 Å². The number of fused-ring (bicyclic) bond motifs is 9. The maximum atomic E-state index is 2.54. The Bertz CT molecular complexity index is 5370. The second-order valence-electron chi connectivity index (χ2n) is 23.2. The smallest absolute Gasteiger partial charge is 0.179 e. The second kappa shape index (κ2) is 21.0. The third-order valence-corrected chi connectivity index (χ3v) is 23.1. The van der Waals surface area contributed by atoms with Gasteiger partial charge in [0.1, 0.15) is 0 Å². The summed E-state index contributed by atoms with van der Waals surface area (Å²) in [7, 11) is -3.18. The molecule has 0 amide bonds. The van der Waals surface area contributed by atoms with Gasteiger partial charge in [-0.3, -0.25) is 0 Å². The first-order valence-electron chi connectivity index (χ1n) is 30.4. The Kier molecular flexibility index (Phi) is 12.2. The molecule has 17 aromatic rings. The van der Waals surface area contributed by atoms with E-state index >= 15 is 0 Å². The average molecular weight is 1140 g/mol. The van der Waals surface area contributed by atoms with Crippen molar-refractivity contribution in [1.29, 1.82) is 0 Å². The molecule has 0 aliphatic heterocycles. The van der Waals surface area contributed by atoms with Crippen LogP contribution in [-0.2, 0) is 0 Å². The molecule has 88 heavy (non-hydrogen) atoms. The van der Waals surface area contributed by atoms with E-state index in [2.05, 4.69) is 359 Å². The lowest BCUT2D eigenvalue weighted by Crippen LogP contribution is -2.74. The van der Waals surface area contributed by atoms with Crippen LogP contribution in [0.1, 0.15) is 0 Å². The number of benzene rings is 14. The molecule has 3 heterocycles. The van der Waals surface area contributed by atoms with Crippen LogP contribution in [0, 0.1) is 0 Å². The molecule has 0 aliphatic rings. The summed E-state index contributed by atoms with van der Waals surface area (Å²) in [5.41, 5.74) is 19.8. The molecule has 0 saturated carbocycles. The average Bonchev–Trinajstić information content (AvgIpc) is 1.49. The second-order valence-corrected chi connectivity index (χ2v) is 27.0. The van der Waals surface area contributed by atoms with Crippen molar-refractivity contribution >= 4 is 94.2 Å². The van der Waals surface area contributed by atoms with Crippen molar-refractivity contribution in [3.63, 3.8) is 0 Å². The van der Waals surface area contributed by atoms with Gasteiger partial charge in [-0.15, -0.1) is 0 Å². The number of rotatable bonds is 11. The minimum absolute atomic E-state index is 1.08. The van der Waals surface area contributed by atoms with Gasteiger partial charge >= 0.3 is 0 Å². The maximum Gasteiger partial charge on any atom is 0.179 e. The molecule has 3 aromatic heterocycles. The summed E-state index contributed by atoms with van der Waals surface area (Å²) < 4.78 is 7.50. The molecule has 0 bridgehead atoms. The van der Waals surface area contributed by atoms with Crippen molar-refractivity contribution in [3.8, 4) is 61.6 Å². The van der Waals surface area contributed by atoms with E-state index in [1.807, 2.05) is 0 Å².